The highest BCUT2D eigenvalue weighted by Crippen LogP contribution is 2.28. The highest BCUT2D eigenvalue weighted by molar-refractivity contribution is 6.01. The van der Waals surface area contributed by atoms with E-state index in [0.717, 1.165) is 28.8 Å². The van der Waals surface area contributed by atoms with Crippen molar-refractivity contribution in [1.29, 1.82) is 0 Å². The Morgan fingerprint density at radius 3 is 2.96 bits per heavy atom. The van der Waals surface area contributed by atoms with Gasteiger partial charge in [-0.1, -0.05) is 30.3 Å². The van der Waals surface area contributed by atoms with E-state index in [2.05, 4.69) is 16.4 Å². The second kappa shape index (κ2) is 6.67. The molecular formula is C21H21N3O2. The molecule has 5 heteroatoms. The van der Waals surface area contributed by atoms with E-state index in [9.17, 15) is 9.59 Å². The zero-order valence-corrected chi connectivity index (χ0v) is 14.7. The lowest BCUT2D eigenvalue weighted by atomic mass is 10.1. The molecule has 0 atom stereocenters. The van der Waals surface area contributed by atoms with Crippen LogP contribution >= 0.6 is 0 Å². The number of amides is 2. The van der Waals surface area contributed by atoms with Crippen LogP contribution in [-0.2, 0) is 28.9 Å². The number of nitrogens with zero attached hydrogens (tertiary/aromatic N) is 1. The molecule has 26 heavy (non-hydrogen) atoms. The van der Waals surface area contributed by atoms with Gasteiger partial charge in [0.05, 0.1) is 12.8 Å². The Hall–Kier alpha value is -3.08. The average Bonchev–Trinajstić information content (AvgIpc) is 3.16. The maximum atomic E-state index is 12.2. The number of likely N-dealkylation sites (N-methyl/N-ethyl adjacent to an activating group) is 1. The fourth-order valence-corrected chi connectivity index (χ4v) is 3.56. The summed E-state index contributed by atoms with van der Waals surface area (Å²) >= 11 is 0. The van der Waals surface area contributed by atoms with E-state index in [1.165, 1.54) is 10.9 Å². The van der Waals surface area contributed by atoms with Crippen molar-refractivity contribution < 1.29 is 9.59 Å². The largest absolute Gasteiger partial charge is 0.361 e. The van der Waals surface area contributed by atoms with Crippen LogP contribution in [0.25, 0.3) is 10.9 Å². The van der Waals surface area contributed by atoms with E-state index >= 15 is 0 Å². The standard InChI is InChI=1S/C21H21N3O2/c1-24-19-7-6-14(10-16(19)12-21(24)26)11-20(25)22-9-8-15-13-23-18-5-3-2-4-17(15)18/h2-7,10,13,23H,8-9,11-12H2,1H3,(H,22,25). The molecule has 1 aromatic heterocycles. The van der Waals surface area contributed by atoms with Crippen LogP contribution in [0.1, 0.15) is 16.7 Å². The SMILES string of the molecule is CN1C(=O)Cc2cc(CC(=O)NCCc3c[nH]c4ccccc34)ccc21. The predicted octanol–water partition coefficient (Wildman–Crippen LogP) is 2.59. The molecular weight excluding hydrogens is 326 g/mol. The molecule has 0 spiro atoms. The van der Waals surface area contributed by atoms with Crippen LogP contribution in [0.2, 0.25) is 0 Å². The van der Waals surface area contributed by atoms with Gasteiger partial charge < -0.3 is 15.2 Å². The molecule has 0 bridgehead atoms. The van der Waals surface area contributed by atoms with E-state index < -0.39 is 0 Å². The van der Waals surface area contributed by atoms with Crippen LogP contribution in [-0.4, -0.2) is 30.4 Å². The number of nitrogens with one attached hydrogen (secondary N) is 2. The summed E-state index contributed by atoms with van der Waals surface area (Å²) in [6.07, 6.45) is 3.55. The summed E-state index contributed by atoms with van der Waals surface area (Å²) in [6, 6.07) is 14.0. The summed E-state index contributed by atoms with van der Waals surface area (Å²) in [5, 5.41) is 4.19. The average molecular weight is 347 g/mol. The molecule has 1 aliphatic rings. The Morgan fingerprint density at radius 2 is 2.08 bits per heavy atom. The van der Waals surface area contributed by atoms with Crippen molar-refractivity contribution in [3.05, 3.63) is 65.4 Å². The molecule has 2 aromatic carbocycles. The highest BCUT2D eigenvalue weighted by atomic mass is 16.2. The third-order valence-electron chi connectivity index (χ3n) is 4.98. The number of fused-ring (bicyclic) bond motifs is 2. The first kappa shape index (κ1) is 16.4. The van der Waals surface area contributed by atoms with Crippen LogP contribution in [0, 0.1) is 0 Å². The number of hydrogen-bond donors (Lipinski definition) is 2. The van der Waals surface area contributed by atoms with Crippen molar-refractivity contribution in [2.45, 2.75) is 19.3 Å². The molecule has 5 nitrogen and oxygen atoms in total. The van der Waals surface area contributed by atoms with Crippen LogP contribution in [0.5, 0.6) is 0 Å². The Balaban J connectivity index is 1.33. The molecule has 132 valence electrons. The van der Waals surface area contributed by atoms with Gasteiger partial charge in [0.1, 0.15) is 0 Å². The first-order valence-electron chi connectivity index (χ1n) is 8.82. The van der Waals surface area contributed by atoms with E-state index in [0.29, 0.717) is 19.4 Å². The molecule has 0 saturated heterocycles. The van der Waals surface area contributed by atoms with Crippen LogP contribution in [0.15, 0.2) is 48.7 Å². The lowest BCUT2D eigenvalue weighted by Gasteiger charge is -2.10. The molecule has 0 fully saturated rings. The molecule has 1 aliphatic heterocycles. The van der Waals surface area contributed by atoms with Gasteiger partial charge in [0.15, 0.2) is 0 Å². The minimum Gasteiger partial charge on any atom is -0.361 e. The van der Waals surface area contributed by atoms with Crippen molar-refractivity contribution in [3.8, 4) is 0 Å². The van der Waals surface area contributed by atoms with E-state index in [1.807, 2.05) is 42.6 Å². The summed E-state index contributed by atoms with van der Waals surface area (Å²) in [6.45, 7) is 0.604. The molecule has 4 rings (SSSR count). The summed E-state index contributed by atoms with van der Waals surface area (Å²) in [4.78, 5) is 28.9. The van der Waals surface area contributed by atoms with Crippen molar-refractivity contribution in [2.24, 2.45) is 0 Å². The molecule has 0 aliphatic carbocycles. The molecule has 0 unspecified atom stereocenters. The number of aromatic amines is 1. The first-order chi connectivity index (χ1) is 12.6. The fourth-order valence-electron chi connectivity index (χ4n) is 3.56. The lowest BCUT2D eigenvalue weighted by molar-refractivity contribution is -0.120. The maximum Gasteiger partial charge on any atom is 0.231 e. The Morgan fingerprint density at radius 1 is 1.23 bits per heavy atom. The normalized spacial score (nSPS) is 13.3. The monoisotopic (exact) mass is 347 g/mol. The van der Waals surface area contributed by atoms with Gasteiger partial charge in [0.25, 0.3) is 0 Å². The molecule has 2 heterocycles. The number of anilines is 1. The van der Waals surface area contributed by atoms with E-state index in [4.69, 9.17) is 0 Å². The summed E-state index contributed by atoms with van der Waals surface area (Å²) in [5.41, 5.74) is 5.21. The van der Waals surface area contributed by atoms with E-state index in [1.54, 1.807) is 11.9 Å². The summed E-state index contributed by atoms with van der Waals surface area (Å²) in [5.74, 6) is 0.0998. The number of aromatic nitrogens is 1. The molecule has 2 amide bonds. The zero-order chi connectivity index (χ0) is 18.1. The van der Waals surface area contributed by atoms with Crippen molar-refractivity contribution in [1.82, 2.24) is 10.3 Å². The number of carbonyl (C=O) groups is 2. The van der Waals surface area contributed by atoms with Gasteiger partial charge in [-0.25, -0.2) is 0 Å². The topological polar surface area (TPSA) is 65.2 Å². The number of hydrogen-bond acceptors (Lipinski definition) is 2. The van der Waals surface area contributed by atoms with Gasteiger partial charge in [-0.2, -0.15) is 0 Å². The number of para-hydroxylation sites is 1. The Kier molecular flexibility index (Phi) is 4.21. The van der Waals surface area contributed by atoms with Gasteiger partial charge in [-0.3, -0.25) is 9.59 Å². The third-order valence-corrected chi connectivity index (χ3v) is 4.98. The van der Waals surface area contributed by atoms with Crippen LogP contribution in [0.3, 0.4) is 0 Å². The first-order valence-corrected chi connectivity index (χ1v) is 8.82. The van der Waals surface area contributed by atoms with Gasteiger partial charge in [0.2, 0.25) is 11.8 Å². The quantitative estimate of drug-likeness (QED) is 0.745. The molecule has 0 saturated carbocycles. The fraction of sp³-hybridized carbons (Fsp3) is 0.238. The van der Waals surface area contributed by atoms with Crippen LogP contribution < -0.4 is 10.2 Å². The number of rotatable bonds is 5. The minimum atomic E-state index is 0.00229. The van der Waals surface area contributed by atoms with Crippen LogP contribution in [0.4, 0.5) is 5.69 Å². The second-order valence-corrected chi connectivity index (χ2v) is 6.73. The molecule has 2 N–H and O–H groups in total. The Labute approximate surface area is 152 Å². The number of carbonyl (C=O) groups excluding carboxylic acids is 2. The summed E-state index contributed by atoms with van der Waals surface area (Å²) in [7, 11) is 1.78. The van der Waals surface area contributed by atoms with Gasteiger partial charge >= 0.3 is 0 Å². The second-order valence-electron chi connectivity index (χ2n) is 6.73. The molecule has 0 radical (unpaired) electrons. The maximum absolute atomic E-state index is 12.2. The van der Waals surface area contributed by atoms with Gasteiger partial charge in [-0.15, -0.1) is 0 Å². The third kappa shape index (κ3) is 3.08. The van der Waals surface area contributed by atoms with Gasteiger partial charge in [0, 0.05) is 36.4 Å². The minimum absolute atomic E-state index is 0.00229. The van der Waals surface area contributed by atoms with Crippen molar-refractivity contribution in [2.75, 3.05) is 18.5 Å². The van der Waals surface area contributed by atoms with Crippen molar-refractivity contribution in [3.63, 3.8) is 0 Å². The summed E-state index contributed by atoms with van der Waals surface area (Å²) < 4.78 is 0. The Bertz CT molecular complexity index is 990. The highest BCUT2D eigenvalue weighted by Gasteiger charge is 2.24. The number of benzene rings is 2. The number of H-pyrrole nitrogens is 1. The zero-order valence-electron chi connectivity index (χ0n) is 14.7. The smallest absolute Gasteiger partial charge is 0.231 e. The lowest BCUT2D eigenvalue weighted by Crippen LogP contribution is -2.27. The van der Waals surface area contributed by atoms with Gasteiger partial charge in [-0.05, 0) is 35.2 Å². The molecule has 3 aromatic rings. The van der Waals surface area contributed by atoms with Crippen molar-refractivity contribution >= 4 is 28.4 Å². The van der Waals surface area contributed by atoms with E-state index in [-0.39, 0.29) is 11.8 Å². The predicted molar refractivity (Wildman–Crippen MR) is 102 cm³/mol.